The molecule has 1 aliphatic heterocycles. The SMILES string of the molecule is CCOC(=O)c1ccc(N2CCN(Cc3nc4ccccc4n3-c3ccc(OC)cc3)CC2)nc1. The largest absolute Gasteiger partial charge is 0.497 e. The van der Waals surface area contributed by atoms with Crippen molar-refractivity contribution in [2.75, 3.05) is 44.8 Å². The number of rotatable bonds is 7. The molecule has 1 saturated heterocycles. The van der Waals surface area contributed by atoms with E-state index in [0.29, 0.717) is 12.2 Å². The summed E-state index contributed by atoms with van der Waals surface area (Å²) >= 11 is 0. The fourth-order valence-electron chi connectivity index (χ4n) is 4.44. The fraction of sp³-hybridized carbons (Fsp3) is 0.296. The number of benzene rings is 2. The lowest BCUT2D eigenvalue weighted by molar-refractivity contribution is 0.0526. The molecule has 4 aromatic rings. The highest BCUT2D eigenvalue weighted by Crippen LogP contribution is 2.25. The summed E-state index contributed by atoms with van der Waals surface area (Å²) in [5, 5.41) is 0. The molecule has 0 bridgehead atoms. The highest BCUT2D eigenvalue weighted by molar-refractivity contribution is 5.89. The number of para-hydroxylation sites is 2. The van der Waals surface area contributed by atoms with Crippen LogP contribution in [0.15, 0.2) is 66.9 Å². The monoisotopic (exact) mass is 471 g/mol. The van der Waals surface area contributed by atoms with Gasteiger partial charge in [0.15, 0.2) is 0 Å². The smallest absolute Gasteiger partial charge is 0.339 e. The van der Waals surface area contributed by atoms with Crippen molar-refractivity contribution in [1.29, 1.82) is 0 Å². The van der Waals surface area contributed by atoms with Gasteiger partial charge in [-0.3, -0.25) is 9.47 Å². The van der Waals surface area contributed by atoms with Crippen LogP contribution < -0.4 is 9.64 Å². The quantitative estimate of drug-likeness (QED) is 0.378. The number of hydrogen-bond acceptors (Lipinski definition) is 7. The topological polar surface area (TPSA) is 72.7 Å². The van der Waals surface area contributed by atoms with E-state index in [1.807, 2.05) is 30.3 Å². The minimum atomic E-state index is -0.337. The van der Waals surface area contributed by atoms with Crippen LogP contribution in [0.1, 0.15) is 23.1 Å². The Morgan fingerprint density at radius 3 is 2.43 bits per heavy atom. The second-order valence-electron chi connectivity index (χ2n) is 8.44. The zero-order valence-electron chi connectivity index (χ0n) is 20.1. The molecule has 0 unspecified atom stereocenters. The highest BCUT2D eigenvalue weighted by Gasteiger charge is 2.21. The van der Waals surface area contributed by atoms with Gasteiger partial charge in [-0.1, -0.05) is 12.1 Å². The van der Waals surface area contributed by atoms with E-state index in [1.54, 1.807) is 26.3 Å². The van der Waals surface area contributed by atoms with Crippen molar-refractivity contribution in [3.63, 3.8) is 0 Å². The molecule has 3 heterocycles. The van der Waals surface area contributed by atoms with Crippen molar-refractivity contribution in [3.8, 4) is 11.4 Å². The Hall–Kier alpha value is -3.91. The van der Waals surface area contributed by atoms with Gasteiger partial charge >= 0.3 is 5.97 Å². The molecule has 0 amide bonds. The van der Waals surface area contributed by atoms with Crippen LogP contribution >= 0.6 is 0 Å². The number of piperazine rings is 1. The number of carbonyl (C=O) groups excluding carboxylic acids is 1. The predicted molar refractivity (Wildman–Crippen MR) is 135 cm³/mol. The zero-order chi connectivity index (χ0) is 24.2. The van der Waals surface area contributed by atoms with Gasteiger partial charge in [0.2, 0.25) is 0 Å². The van der Waals surface area contributed by atoms with Crippen molar-refractivity contribution >= 4 is 22.8 Å². The van der Waals surface area contributed by atoms with Crippen molar-refractivity contribution in [2.45, 2.75) is 13.5 Å². The molecular weight excluding hydrogens is 442 g/mol. The highest BCUT2D eigenvalue weighted by atomic mass is 16.5. The van der Waals surface area contributed by atoms with Crippen LogP contribution in [0, 0.1) is 0 Å². The van der Waals surface area contributed by atoms with Crippen LogP contribution in [-0.4, -0.2) is 65.3 Å². The number of anilines is 1. The molecular formula is C27H29N5O3. The van der Waals surface area contributed by atoms with Gasteiger partial charge < -0.3 is 14.4 Å². The number of nitrogens with zero attached hydrogens (tertiary/aromatic N) is 5. The van der Waals surface area contributed by atoms with E-state index >= 15 is 0 Å². The van der Waals surface area contributed by atoms with Crippen molar-refractivity contribution in [3.05, 3.63) is 78.2 Å². The molecule has 1 fully saturated rings. The number of carbonyl (C=O) groups is 1. The van der Waals surface area contributed by atoms with Gasteiger partial charge in [-0.2, -0.15) is 0 Å². The summed E-state index contributed by atoms with van der Waals surface area (Å²) < 4.78 is 12.6. The number of ether oxygens (including phenoxy) is 2. The molecule has 0 saturated carbocycles. The van der Waals surface area contributed by atoms with Gasteiger partial charge in [-0.15, -0.1) is 0 Å². The average molecular weight is 472 g/mol. The fourth-order valence-corrected chi connectivity index (χ4v) is 4.44. The van der Waals surface area contributed by atoms with E-state index in [0.717, 1.165) is 66.8 Å². The zero-order valence-corrected chi connectivity index (χ0v) is 20.1. The van der Waals surface area contributed by atoms with Crippen LogP contribution in [-0.2, 0) is 11.3 Å². The summed E-state index contributed by atoms with van der Waals surface area (Å²) in [6.45, 7) is 6.41. The second kappa shape index (κ2) is 10.1. The van der Waals surface area contributed by atoms with Crippen molar-refractivity contribution in [2.24, 2.45) is 0 Å². The van der Waals surface area contributed by atoms with E-state index < -0.39 is 0 Å². The first-order chi connectivity index (χ1) is 17.2. The predicted octanol–water partition coefficient (Wildman–Crippen LogP) is 3.93. The molecule has 35 heavy (non-hydrogen) atoms. The van der Waals surface area contributed by atoms with E-state index in [2.05, 4.69) is 43.6 Å². The van der Waals surface area contributed by atoms with Gasteiger partial charge in [-0.25, -0.2) is 14.8 Å². The lowest BCUT2D eigenvalue weighted by Crippen LogP contribution is -2.46. The van der Waals surface area contributed by atoms with Crippen LogP contribution in [0.2, 0.25) is 0 Å². The van der Waals surface area contributed by atoms with Crippen LogP contribution in [0.5, 0.6) is 5.75 Å². The Balaban J connectivity index is 1.30. The lowest BCUT2D eigenvalue weighted by Gasteiger charge is -2.35. The molecule has 8 nitrogen and oxygen atoms in total. The molecule has 1 aliphatic rings. The Bertz CT molecular complexity index is 1290. The van der Waals surface area contributed by atoms with Gasteiger partial charge in [-0.05, 0) is 55.5 Å². The molecule has 0 N–H and O–H groups in total. The number of imidazole rings is 1. The normalized spacial score (nSPS) is 14.3. The van der Waals surface area contributed by atoms with Gasteiger partial charge in [0, 0.05) is 38.1 Å². The number of fused-ring (bicyclic) bond motifs is 1. The lowest BCUT2D eigenvalue weighted by atomic mass is 10.2. The molecule has 8 heteroatoms. The maximum Gasteiger partial charge on any atom is 0.339 e. The summed E-state index contributed by atoms with van der Waals surface area (Å²) in [6, 6.07) is 20.0. The Morgan fingerprint density at radius 1 is 0.971 bits per heavy atom. The minimum absolute atomic E-state index is 0.337. The summed E-state index contributed by atoms with van der Waals surface area (Å²) in [4.78, 5) is 26.0. The summed E-state index contributed by atoms with van der Waals surface area (Å²) in [7, 11) is 1.68. The second-order valence-corrected chi connectivity index (χ2v) is 8.44. The molecule has 180 valence electrons. The molecule has 5 rings (SSSR count). The van der Waals surface area contributed by atoms with Crippen molar-refractivity contribution < 1.29 is 14.3 Å². The molecule has 0 spiro atoms. The first kappa shape index (κ1) is 22.9. The van der Waals surface area contributed by atoms with Gasteiger partial charge in [0.25, 0.3) is 0 Å². The molecule has 0 aliphatic carbocycles. The number of hydrogen-bond donors (Lipinski definition) is 0. The number of esters is 1. The molecule has 0 radical (unpaired) electrons. The van der Waals surface area contributed by atoms with E-state index in [4.69, 9.17) is 14.5 Å². The number of methoxy groups -OCH3 is 1. The Morgan fingerprint density at radius 2 is 1.74 bits per heavy atom. The van der Waals surface area contributed by atoms with E-state index in [9.17, 15) is 4.79 Å². The standard InChI is InChI=1S/C27H29N5O3/c1-3-35-27(33)20-8-13-25(28-18-20)31-16-14-30(15-17-31)19-26-29-23-6-4-5-7-24(23)32(26)21-9-11-22(34-2)12-10-21/h4-13,18H,3,14-17,19H2,1-2H3. The van der Waals surface area contributed by atoms with Crippen molar-refractivity contribution in [1.82, 2.24) is 19.4 Å². The first-order valence-electron chi connectivity index (χ1n) is 11.9. The van der Waals surface area contributed by atoms with Crippen LogP contribution in [0.25, 0.3) is 16.7 Å². The maximum atomic E-state index is 11.9. The number of aromatic nitrogens is 3. The Kier molecular flexibility index (Phi) is 6.63. The van der Waals surface area contributed by atoms with Gasteiger partial charge in [0.05, 0.1) is 36.9 Å². The summed E-state index contributed by atoms with van der Waals surface area (Å²) in [6.07, 6.45) is 1.59. The third-order valence-corrected chi connectivity index (χ3v) is 6.28. The average Bonchev–Trinajstić information content (AvgIpc) is 3.27. The third-order valence-electron chi connectivity index (χ3n) is 6.28. The molecule has 0 atom stereocenters. The van der Waals surface area contributed by atoms with Gasteiger partial charge in [0.1, 0.15) is 17.4 Å². The maximum absolute atomic E-state index is 11.9. The van der Waals surface area contributed by atoms with Crippen LogP contribution in [0.4, 0.5) is 5.82 Å². The molecule has 2 aromatic carbocycles. The summed E-state index contributed by atoms with van der Waals surface area (Å²) in [5.74, 6) is 2.39. The molecule has 2 aromatic heterocycles. The Labute approximate surface area is 204 Å². The van der Waals surface area contributed by atoms with E-state index in [1.165, 1.54) is 0 Å². The minimum Gasteiger partial charge on any atom is -0.497 e. The van der Waals surface area contributed by atoms with Crippen LogP contribution in [0.3, 0.4) is 0 Å². The third kappa shape index (κ3) is 4.83. The number of pyridine rings is 1. The van der Waals surface area contributed by atoms with E-state index in [-0.39, 0.29) is 5.97 Å². The summed E-state index contributed by atoms with van der Waals surface area (Å²) in [5.41, 5.74) is 3.63. The first-order valence-corrected chi connectivity index (χ1v) is 11.9.